The van der Waals surface area contributed by atoms with E-state index in [1.807, 2.05) is 31.2 Å². The molecule has 1 aromatic carbocycles. The Morgan fingerprint density at radius 2 is 1.83 bits per heavy atom. The number of fused-ring (bicyclic) bond motifs is 3. The summed E-state index contributed by atoms with van der Waals surface area (Å²) in [5, 5.41) is 4.05. The van der Waals surface area contributed by atoms with Crippen molar-refractivity contribution in [1.82, 2.24) is 4.98 Å². The van der Waals surface area contributed by atoms with E-state index in [1.54, 1.807) is 0 Å². The number of aryl methyl sites for hydroxylation is 2. The number of anilines is 3. The van der Waals surface area contributed by atoms with Crippen molar-refractivity contribution in [3.63, 3.8) is 0 Å². The first-order valence-corrected chi connectivity index (χ1v) is 11.3. The minimum Gasteiger partial charge on any atom is -0.397 e. The van der Waals surface area contributed by atoms with Gasteiger partial charge in [-0.3, -0.25) is 4.79 Å². The molecule has 1 fully saturated rings. The van der Waals surface area contributed by atoms with Crippen LogP contribution < -0.4 is 16.0 Å². The summed E-state index contributed by atoms with van der Waals surface area (Å²) >= 11 is 1.43. The van der Waals surface area contributed by atoms with Crippen LogP contribution in [0.25, 0.3) is 10.2 Å². The maximum atomic E-state index is 13.0. The van der Waals surface area contributed by atoms with E-state index < -0.39 is 0 Å². The number of para-hydroxylation sites is 1. The average molecular weight is 407 g/mol. The fraction of sp³-hybridized carbons (Fsp3) is 0.391. The third kappa shape index (κ3) is 3.15. The van der Waals surface area contributed by atoms with Crippen LogP contribution in [0.1, 0.15) is 52.0 Å². The van der Waals surface area contributed by atoms with Crippen LogP contribution in [0, 0.1) is 6.92 Å². The van der Waals surface area contributed by atoms with Gasteiger partial charge < -0.3 is 16.0 Å². The fourth-order valence-corrected chi connectivity index (χ4v) is 5.66. The maximum Gasteiger partial charge on any atom is 0.267 e. The summed E-state index contributed by atoms with van der Waals surface area (Å²) < 4.78 is 0. The number of thiophene rings is 1. The number of benzene rings is 1. The van der Waals surface area contributed by atoms with Gasteiger partial charge in [0, 0.05) is 24.2 Å². The van der Waals surface area contributed by atoms with Gasteiger partial charge in [0.15, 0.2) is 0 Å². The normalized spacial score (nSPS) is 16.2. The number of hydrogen-bond donors (Lipinski definition) is 2. The second-order valence-electron chi connectivity index (χ2n) is 8.09. The zero-order chi connectivity index (χ0) is 20.0. The van der Waals surface area contributed by atoms with Crippen LogP contribution in [0.2, 0.25) is 0 Å². The first-order chi connectivity index (χ1) is 14.1. The number of nitrogens with two attached hydrogens (primary N) is 1. The SMILES string of the molecule is Cc1ccccc1NC(=O)c1sc2nc(N3CCCC3)c3c(c2c1N)CCCC3. The van der Waals surface area contributed by atoms with Gasteiger partial charge in [-0.25, -0.2) is 4.98 Å². The second kappa shape index (κ2) is 7.34. The van der Waals surface area contributed by atoms with E-state index in [4.69, 9.17) is 10.7 Å². The van der Waals surface area contributed by atoms with Crippen LogP contribution in [-0.4, -0.2) is 24.0 Å². The summed E-state index contributed by atoms with van der Waals surface area (Å²) in [6.07, 6.45) is 6.91. The molecule has 1 aliphatic heterocycles. The zero-order valence-electron chi connectivity index (χ0n) is 16.8. The molecule has 5 rings (SSSR count). The molecule has 29 heavy (non-hydrogen) atoms. The van der Waals surface area contributed by atoms with Crippen LogP contribution in [-0.2, 0) is 12.8 Å². The van der Waals surface area contributed by atoms with Crippen molar-refractivity contribution in [2.75, 3.05) is 29.0 Å². The van der Waals surface area contributed by atoms with Crippen LogP contribution in [0.5, 0.6) is 0 Å². The second-order valence-corrected chi connectivity index (χ2v) is 9.09. The van der Waals surface area contributed by atoms with Crippen LogP contribution in [0.3, 0.4) is 0 Å². The number of amides is 1. The Kier molecular flexibility index (Phi) is 4.66. The summed E-state index contributed by atoms with van der Waals surface area (Å²) in [6.45, 7) is 4.14. The Labute approximate surface area is 174 Å². The number of nitrogen functional groups attached to an aromatic ring is 1. The van der Waals surface area contributed by atoms with Crippen molar-refractivity contribution in [2.24, 2.45) is 0 Å². The van der Waals surface area contributed by atoms with E-state index in [1.165, 1.54) is 48.1 Å². The minimum absolute atomic E-state index is 0.146. The lowest BCUT2D eigenvalue weighted by atomic mass is 9.89. The Morgan fingerprint density at radius 3 is 2.59 bits per heavy atom. The maximum absolute atomic E-state index is 13.0. The Hall–Kier alpha value is -2.60. The molecule has 3 aromatic rings. The first kappa shape index (κ1) is 18.4. The van der Waals surface area contributed by atoms with Crippen molar-refractivity contribution in [3.8, 4) is 0 Å². The molecule has 1 saturated heterocycles. The predicted octanol–water partition coefficient (Wildman–Crippen LogP) is 4.92. The number of carbonyl (C=O) groups excluding carboxylic acids is 1. The quantitative estimate of drug-likeness (QED) is 0.648. The summed E-state index contributed by atoms with van der Waals surface area (Å²) in [5.74, 6) is 0.990. The molecule has 150 valence electrons. The number of rotatable bonds is 3. The molecule has 2 aromatic heterocycles. The van der Waals surface area contributed by atoms with Gasteiger partial charge in [-0.2, -0.15) is 0 Å². The standard InChI is InChI=1S/C23H26N4OS/c1-14-8-2-5-11-17(14)25-22(28)20-19(24)18-15-9-3-4-10-16(15)21(26-23(18)29-20)27-12-6-7-13-27/h2,5,8,11H,3-4,6-7,9-10,12-13,24H2,1H3,(H,25,28). The van der Waals surface area contributed by atoms with Crippen LogP contribution >= 0.6 is 11.3 Å². The summed E-state index contributed by atoms with van der Waals surface area (Å²) in [5.41, 5.74) is 11.7. The number of nitrogens with zero attached hydrogens (tertiary/aromatic N) is 2. The predicted molar refractivity (Wildman–Crippen MR) is 121 cm³/mol. The molecule has 0 atom stereocenters. The highest BCUT2D eigenvalue weighted by molar-refractivity contribution is 7.21. The summed E-state index contributed by atoms with van der Waals surface area (Å²) in [7, 11) is 0. The van der Waals surface area contributed by atoms with Gasteiger partial charge in [-0.05, 0) is 68.2 Å². The molecule has 0 saturated carbocycles. The van der Waals surface area contributed by atoms with E-state index in [2.05, 4.69) is 10.2 Å². The van der Waals surface area contributed by atoms with E-state index in [0.717, 1.165) is 53.2 Å². The molecule has 3 N–H and O–H groups in total. The van der Waals surface area contributed by atoms with E-state index in [0.29, 0.717) is 10.6 Å². The number of hydrogen-bond acceptors (Lipinski definition) is 5. The molecule has 0 spiro atoms. The number of carbonyl (C=O) groups is 1. The summed E-state index contributed by atoms with van der Waals surface area (Å²) in [6, 6.07) is 7.80. The Balaban J connectivity index is 1.60. The minimum atomic E-state index is -0.146. The first-order valence-electron chi connectivity index (χ1n) is 10.5. The molecule has 2 aliphatic rings. The lowest BCUT2D eigenvalue weighted by molar-refractivity contribution is 0.103. The molecule has 6 heteroatoms. The highest BCUT2D eigenvalue weighted by atomic mass is 32.1. The highest BCUT2D eigenvalue weighted by Gasteiger charge is 2.28. The number of pyridine rings is 1. The third-order valence-electron chi connectivity index (χ3n) is 6.18. The molecular weight excluding hydrogens is 380 g/mol. The van der Waals surface area contributed by atoms with Gasteiger partial charge >= 0.3 is 0 Å². The van der Waals surface area contributed by atoms with E-state index >= 15 is 0 Å². The van der Waals surface area contributed by atoms with Gasteiger partial charge in [-0.15, -0.1) is 11.3 Å². The largest absolute Gasteiger partial charge is 0.397 e. The van der Waals surface area contributed by atoms with Crippen molar-refractivity contribution >= 4 is 44.7 Å². The van der Waals surface area contributed by atoms with Crippen LogP contribution in [0.15, 0.2) is 24.3 Å². The van der Waals surface area contributed by atoms with Crippen molar-refractivity contribution < 1.29 is 4.79 Å². The number of nitrogens with one attached hydrogen (secondary N) is 1. The molecule has 3 heterocycles. The van der Waals surface area contributed by atoms with E-state index in [9.17, 15) is 4.79 Å². The molecule has 1 aliphatic carbocycles. The molecule has 5 nitrogen and oxygen atoms in total. The van der Waals surface area contributed by atoms with Gasteiger partial charge in [0.05, 0.1) is 5.69 Å². The number of aromatic nitrogens is 1. The van der Waals surface area contributed by atoms with Gasteiger partial charge in [0.1, 0.15) is 15.5 Å². The highest BCUT2D eigenvalue weighted by Crippen LogP contribution is 2.42. The topological polar surface area (TPSA) is 71.2 Å². The fourth-order valence-electron chi connectivity index (χ4n) is 4.64. The van der Waals surface area contributed by atoms with Crippen molar-refractivity contribution in [2.45, 2.75) is 45.4 Å². The third-order valence-corrected chi connectivity index (χ3v) is 7.28. The van der Waals surface area contributed by atoms with Crippen LogP contribution in [0.4, 0.5) is 17.2 Å². The Bertz CT molecular complexity index is 1100. The average Bonchev–Trinajstić information content (AvgIpc) is 3.37. The molecule has 0 bridgehead atoms. The zero-order valence-corrected chi connectivity index (χ0v) is 17.6. The van der Waals surface area contributed by atoms with E-state index in [-0.39, 0.29) is 5.91 Å². The molecule has 1 amide bonds. The molecule has 0 radical (unpaired) electrons. The monoisotopic (exact) mass is 406 g/mol. The van der Waals surface area contributed by atoms with Gasteiger partial charge in [-0.1, -0.05) is 18.2 Å². The van der Waals surface area contributed by atoms with Crippen molar-refractivity contribution in [1.29, 1.82) is 0 Å². The van der Waals surface area contributed by atoms with Gasteiger partial charge in [0.2, 0.25) is 0 Å². The van der Waals surface area contributed by atoms with Crippen molar-refractivity contribution in [3.05, 3.63) is 45.8 Å². The lowest BCUT2D eigenvalue weighted by Gasteiger charge is -2.25. The molecular formula is C23H26N4OS. The summed E-state index contributed by atoms with van der Waals surface area (Å²) in [4.78, 5) is 22.0. The Morgan fingerprint density at radius 1 is 1.10 bits per heavy atom. The van der Waals surface area contributed by atoms with Gasteiger partial charge in [0.25, 0.3) is 5.91 Å². The lowest BCUT2D eigenvalue weighted by Crippen LogP contribution is -2.22. The smallest absolute Gasteiger partial charge is 0.267 e. The molecule has 0 unspecified atom stereocenters.